The van der Waals surface area contributed by atoms with E-state index in [9.17, 15) is 14.0 Å². The Labute approximate surface area is 234 Å². The first-order chi connectivity index (χ1) is 19.4. The number of nitrogens with one attached hydrogen (secondary N) is 1. The molecule has 3 aromatic carbocycles. The molecular weight excluding hydrogens is 531 g/mol. The van der Waals surface area contributed by atoms with E-state index >= 15 is 0 Å². The van der Waals surface area contributed by atoms with E-state index in [-0.39, 0.29) is 18.0 Å². The quantitative estimate of drug-likeness (QED) is 0.203. The number of esters is 1. The molecule has 0 radical (unpaired) electrons. The standard InChI is InChI=1S/C31H25FN2O5S/c1-4-39-31(36)28-24(18-9-11-19(32)12-10-18)17-40-30(28)34-29(35)23-16-26(33-25-8-6-5-7-21(23)25)22-14-13-20(37-2)15-27(22)38-3/h5-17H,4H2,1-3H3,(H,34,35). The summed E-state index contributed by atoms with van der Waals surface area (Å²) in [4.78, 5) is 31.6. The van der Waals surface area contributed by atoms with E-state index in [1.807, 2.05) is 30.3 Å². The summed E-state index contributed by atoms with van der Waals surface area (Å²) >= 11 is 1.19. The number of benzene rings is 3. The van der Waals surface area contributed by atoms with Crippen molar-refractivity contribution >= 4 is 39.1 Å². The average Bonchev–Trinajstić information content (AvgIpc) is 3.40. The number of rotatable bonds is 8. The lowest BCUT2D eigenvalue weighted by atomic mass is 10.0. The lowest BCUT2D eigenvalue weighted by Crippen LogP contribution is -2.15. The van der Waals surface area contributed by atoms with Gasteiger partial charge < -0.3 is 19.5 Å². The van der Waals surface area contributed by atoms with Gasteiger partial charge in [0.05, 0.1) is 37.6 Å². The molecule has 0 spiro atoms. The first-order valence-electron chi connectivity index (χ1n) is 12.4. The highest BCUT2D eigenvalue weighted by Gasteiger charge is 2.24. The zero-order valence-electron chi connectivity index (χ0n) is 22.0. The third kappa shape index (κ3) is 5.23. The van der Waals surface area contributed by atoms with Gasteiger partial charge in [-0.15, -0.1) is 11.3 Å². The Hall–Kier alpha value is -4.76. The second kappa shape index (κ2) is 11.5. The van der Waals surface area contributed by atoms with Crippen molar-refractivity contribution in [1.29, 1.82) is 0 Å². The van der Waals surface area contributed by atoms with E-state index in [0.29, 0.717) is 55.4 Å². The second-order valence-corrected chi connectivity index (χ2v) is 9.55. The molecule has 0 aliphatic heterocycles. The molecule has 9 heteroatoms. The molecule has 0 atom stereocenters. The van der Waals surface area contributed by atoms with Crippen LogP contribution in [0.5, 0.6) is 11.5 Å². The number of hydrogen-bond donors (Lipinski definition) is 1. The molecule has 2 heterocycles. The third-order valence-corrected chi connectivity index (χ3v) is 7.19. The maximum atomic E-state index is 13.8. The van der Waals surface area contributed by atoms with Gasteiger partial charge in [0.1, 0.15) is 27.9 Å². The zero-order chi connectivity index (χ0) is 28.2. The van der Waals surface area contributed by atoms with E-state index in [1.54, 1.807) is 56.9 Å². The van der Waals surface area contributed by atoms with Crippen molar-refractivity contribution in [2.75, 3.05) is 26.1 Å². The molecule has 0 saturated heterocycles. The van der Waals surface area contributed by atoms with Crippen molar-refractivity contribution in [2.45, 2.75) is 6.92 Å². The van der Waals surface area contributed by atoms with Crippen LogP contribution in [0.1, 0.15) is 27.6 Å². The molecular formula is C31H25FN2O5S. The first-order valence-corrected chi connectivity index (χ1v) is 13.3. The van der Waals surface area contributed by atoms with Crippen LogP contribution in [-0.2, 0) is 4.74 Å². The Balaban J connectivity index is 1.59. The Bertz CT molecular complexity index is 1720. The number of anilines is 1. The van der Waals surface area contributed by atoms with Gasteiger partial charge in [0.2, 0.25) is 0 Å². The normalized spacial score (nSPS) is 10.8. The van der Waals surface area contributed by atoms with Crippen LogP contribution in [0.3, 0.4) is 0 Å². The number of fused-ring (bicyclic) bond motifs is 1. The van der Waals surface area contributed by atoms with Gasteiger partial charge in [-0.1, -0.05) is 30.3 Å². The van der Waals surface area contributed by atoms with E-state index < -0.39 is 11.9 Å². The number of para-hydroxylation sites is 1. The topological polar surface area (TPSA) is 86.8 Å². The number of nitrogens with zero attached hydrogens (tertiary/aromatic N) is 1. The third-order valence-electron chi connectivity index (χ3n) is 6.30. The van der Waals surface area contributed by atoms with Crippen molar-refractivity contribution in [1.82, 2.24) is 4.98 Å². The minimum Gasteiger partial charge on any atom is -0.497 e. The molecule has 202 valence electrons. The fraction of sp³-hybridized carbons (Fsp3) is 0.129. The number of amides is 1. The number of thiophene rings is 1. The number of hydrogen-bond acceptors (Lipinski definition) is 7. The van der Waals surface area contributed by atoms with Crippen LogP contribution in [0.4, 0.5) is 9.39 Å². The Morgan fingerprint density at radius 3 is 2.45 bits per heavy atom. The Morgan fingerprint density at radius 1 is 0.950 bits per heavy atom. The maximum Gasteiger partial charge on any atom is 0.341 e. The minimum atomic E-state index is -0.582. The Kier molecular flexibility index (Phi) is 7.75. The predicted octanol–water partition coefficient (Wildman–Crippen LogP) is 7.22. The van der Waals surface area contributed by atoms with Crippen molar-refractivity contribution in [3.05, 3.63) is 95.1 Å². The molecule has 0 aliphatic rings. The molecule has 40 heavy (non-hydrogen) atoms. The summed E-state index contributed by atoms with van der Waals surface area (Å²) in [6, 6.07) is 20.2. The van der Waals surface area contributed by atoms with E-state index in [0.717, 1.165) is 0 Å². The molecule has 0 fully saturated rings. The summed E-state index contributed by atoms with van der Waals surface area (Å²) in [5.74, 6) is -0.230. The molecule has 0 aliphatic carbocycles. The van der Waals surface area contributed by atoms with Crippen LogP contribution in [0.2, 0.25) is 0 Å². The van der Waals surface area contributed by atoms with E-state index in [1.165, 1.54) is 23.5 Å². The van der Waals surface area contributed by atoms with Crippen LogP contribution in [0.25, 0.3) is 33.3 Å². The number of pyridine rings is 1. The molecule has 7 nitrogen and oxygen atoms in total. The molecule has 1 N–H and O–H groups in total. The van der Waals surface area contributed by atoms with Gasteiger partial charge >= 0.3 is 5.97 Å². The lowest BCUT2D eigenvalue weighted by Gasteiger charge is -2.14. The first kappa shape index (κ1) is 26.8. The number of carbonyl (C=O) groups is 2. The van der Waals surface area contributed by atoms with Gasteiger partial charge in [-0.2, -0.15) is 0 Å². The van der Waals surface area contributed by atoms with Gasteiger partial charge in [-0.25, -0.2) is 14.2 Å². The van der Waals surface area contributed by atoms with Crippen molar-refractivity contribution in [3.8, 4) is 33.9 Å². The van der Waals surface area contributed by atoms with Gasteiger partial charge in [0, 0.05) is 28.0 Å². The van der Waals surface area contributed by atoms with Crippen LogP contribution in [0, 0.1) is 5.82 Å². The highest BCUT2D eigenvalue weighted by molar-refractivity contribution is 7.15. The summed E-state index contributed by atoms with van der Waals surface area (Å²) in [7, 11) is 3.13. The van der Waals surface area contributed by atoms with E-state index in [4.69, 9.17) is 19.2 Å². The Morgan fingerprint density at radius 2 is 1.73 bits per heavy atom. The monoisotopic (exact) mass is 556 g/mol. The summed E-state index contributed by atoms with van der Waals surface area (Å²) in [6.45, 7) is 1.87. The summed E-state index contributed by atoms with van der Waals surface area (Å²) in [6.07, 6.45) is 0. The van der Waals surface area contributed by atoms with Crippen LogP contribution in [0.15, 0.2) is 78.2 Å². The van der Waals surface area contributed by atoms with Crippen LogP contribution in [-0.4, -0.2) is 37.7 Å². The van der Waals surface area contributed by atoms with Gasteiger partial charge in [-0.3, -0.25) is 4.79 Å². The summed E-state index contributed by atoms with van der Waals surface area (Å²) in [5, 5.41) is 5.62. The number of ether oxygens (including phenoxy) is 3. The van der Waals surface area contributed by atoms with Crippen LogP contribution < -0.4 is 14.8 Å². The fourth-order valence-corrected chi connectivity index (χ4v) is 5.33. The van der Waals surface area contributed by atoms with Crippen molar-refractivity contribution in [3.63, 3.8) is 0 Å². The SMILES string of the molecule is CCOC(=O)c1c(-c2ccc(F)cc2)csc1NC(=O)c1cc(-c2ccc(OC)cc2OC)nc2ccccc12. The highest BCUT2D eigenvalue weighted by atomic mass is 32.1. The molecule has 5 aromatic rings. The van der Waals surface area contributed by atoms with Gasteiger partial charge in [-0.05, 0) is 48.9 Å². The average molecular weight is 557 g/mol. The fourth-order valence-electron chi connectivity index (χ4n) is 4.38. The predicted molar refractivity (Wildman–Crippen MR) is 154 cm³/mol. The van der Waals surface area contributed by atoms with Crippen molar-refractivity contribution < 1.29 is 28.2 Å². The molecule has 2 aromatic heterocycles. The van der Waals surface area contributed by atoms with Gasteiger partial charge in [0.15, 0.2) is 0 Å². The van der Waals surface area contributed by atoms with Crippen LogP contribution >= 0.6 is 11.3 Å². The molecule has 0 unspecified atom stereocenters. The minimum absolute atomic E-state index is 0.160. The number of carbonyl (C=O) groups excluding carboxylic acids is 2. The molecule has 0 saturated carbocycles. The number of aromatic nitrogens is 1. The smallest absolute Gasteiger partial charge is 0.341 e. The molecule has 5 rings (SSSR count). The lowest BCUT2D eigenvalue weighted by molar-refractivity contribution is 0.0529. The largest absolute Gasteiger partial charge is 0.497 e. The molecule has 0 bridgehead atoms. The number of methoxy groups -OCH3 is 2. The highest BCUT2D eigenvalue weighted by Crippen LogP contribution is 2.38. The maximum absolute atomic E-state index is 13.8. The van der Waals surface area contributed by atoms with Gasteiger partial charge in [0.25, 0.3) is 5.91 Å². The van der Waals surface area contributed by atoms with E-state index in [2.05, 4.69) is 5.32 Å². The molecule has 1 amide bonds. The number of halogens is 1. The summed E-state index contributed by atoms with van der Waals surface area (Å²) in [5.41, 5.74) is 3.59. The van der Waals surface area contributed by atoms with Crippen molar-refractivity contribution in [2.24, 2.45) is 0 Å². The second-order valence-electron chi connectivity index (χ2n) is 8.67. The summed E-state index contributed by atoms with van der Waals surface area (Å²) < 4.78 is 29.7. The zero-order valence-corrected chi connectivity index (χ0v) is 22.8.